The van der Waals surface area contributed by atoms with E-state index in [1.54, 1.807) is 24.3 Å². The van der Waals surface area contributed by atoms with E-state index >= 15 is 0 Å². The number of nitrogens with one attached hydrogen (secondary N) is 2. The van der Waals surface area contributed by atoms with Crippen LogP contribution in [0, 0.1) is 0 Å². The molecule has 0 aromatic heterocycles. The van der Waals surface area contributed by atoms with Gasteiger partial charge in [0.05, 0.1) is 34.0 Å². The van der Waals surface area contributed by atoms with Gasteiger partial charge in [0.2, 0.25) is 0 Å². The molecular formula is C20H21ClN2O6. The molecule has 0 bridgehead atoms. The maximum Gasteiger partial charge on any atom is 0.273 e. The Morgan fingerprint density at radius 2 is 1.45 bits per heavy atom. The molecule has 0 radical (unpaired) electrons. The molecule has 0 atom stereocenters. The van der Waals surface area contributed by atoms with E-state index in [0.29, 0.717) is 33.6 Å². The fraction of sp³-hybridized carbons (Fsp3) is 0.200. The molecule has 0 heterocycles. The first kappa shape index (κ1) is 21.9. The third-order valence-corrected chi connectivity index (χ3v) is 4.09. The van der Waals surface area contributed by atoms with Gasteiger partial charge in [-0.15, -0.1) is 0 Å². The lowest BCUT2D eigenvalue weighted by molar-refractivity contribution is -0.117. The monoisotopic (exact) mass is 420 g/mol. The van der Waals surface area contributed by atoms with E-state index in [9.17, 15) is 9.59 Å². The minimum absolute atomic E-state index is 0.186. The third-order valence-electron chi connectivity index (χ3n) is 3.86. The van der Waals surface area contributed by atoms with Gasteiger partial charge in [0, 0.05) is 22.7 Å². The number of benzene rings is 2. The SMILES string of the molecule is COc1cc(OC)c(OC)cc1/C=C/C(=O)NNC(=O)c1cc(Cl)ccc1OC. The van der Waals surface area contributed by atoms with Crippen LogP contribution in [0.15, 0.2) is 36.4 Å². The number of hydrazine groups is 1. The smallest absolute Gasteiger partial charge is 0.273 e. The molecule has 29 heavy (non-hydrogen) atoms. The van der Waals surface area contributed by atoms with Crippen LogP contribution in [0.25, 0.3) is 6.08 Å². The first-order valence-corrected chi connectivity index (χ1v) is 8.73. The number of hydrogen-bond acceptors (Lipinski definition) is 6. The van der Waals surface area contributed by atoms with Gasteiger partial charge in [0.1, 0.15) is 11.5 Å². The molecule has 0 saturated carbocycles. The average molecular weight is 421 g/mol. The first-order chi connectivity index (χ1) is 13.9. The number of amides is 2. The number of hydrogen-bond donors (Lipinski definition) is 2. The second-order valence-corrected chi connectivity index (χ2v) is 6.01. The Bertz CT molecular complexity index is 929. The molecule has 0 aliphatic rings. The largest absolute Gasteiger partial charge is 0.496 e. The predicted octanol–water partition coefficient (Wildman–Crippen LogP) is 2.85. The summed E-state index contributed by atoms with van der Waals surface area (Å²) in [6, 6.07) is 7.89. The molecule has 0 unspecified atom stereocenters. The Labute approximate surface area is 173 Å². The van der Waals surface area contributed by atoms with Crippen molar-refractivity contribution >= 4 is 29.5 Å². The normalized spacial score (nSPS) is 10.4. The minimum Gasteiger partial charge on any atom is -0.496 e. The summed E-state index contributed by atoms with van der Waals surface area (Å²) in [5.74, 6) is 0.653. The molecule has 0 spiro atoms. The van der Waals surface area contributed by atoms with Gasteiger partial charge in [-0.05, 0) is 30.3 Å². The lowest BCUT2D eigenvalue weighted by Gasteiger charge is -2.12. The van der Waals surface area contributed by atoms with E-state index in [0.717, 1.165) is 0 Å². The zero-order valence-corrected chi connectivity index (χ0v) is 17.1. The highest BCUT2D eigenvalue weighted by Crippen LogP contribution is 2.35. The van der Waals surface area contributed by atoms with Crippen LogP contribution in [0.2, 0.25) is 5.02 Å². The highest BCUT2D eigenvalue weighted by molar-refractivity contribution is 6.31. The number of carbonyl (C=O) groups excluding carboxylic acids is 2. The number of ether oxygens (including phenoxy) is 4. The molecular weight excluding hydrogens is 400 g/mol. The highest BCUT2D eigenvalue weighted by atomic mass is 35.5. The molecule has 0 aliphatic heterocycles. The van der Waals surface area contributed by atoms with Gasteiger partial charge in [-0.25, -0.2) is 0 Å². The molecule has 0 fully saturated rings. The van der Waals surface area contributed by atoms with Gasteiger partial charge in [0.15, 0.2) is 11.5 Å². The Kier molecular flexibility index (Phi) is 7.73. The quantitative estimate of drug-likeness (QED) is 0.528. The van der Waals surface area contributed by atoms with Crippen molar-refractivity contribution in [2.75, 3.05) is 28.4 Å². The summed E-state index contributed by atoms with van der Waals surface area (Å²) < 4.78 is 20.9. The summed E-state index contributed by atoms with van der Waals surface area (Å²) in [7, 11) is 5.94. The fourth-order valence-electron chi connectivity index (χ4n) is 2.43. The van der Waals surface area contributed by atoms with Crippen LogP contribution >= 0.6 is 11.6 Å². The molecule has 2 rings (SSSR count). The van der Waals surface area contributed by atoms with E-state index in [-0.39, 0.29) is 5.56 Å². The standard InChI is InChI=1S/C20H21ClN2O6/c1-26-15-7-6-13(21)10-14(15)20(25)23-22-19(24)8-5-12-9-17(28-3)18(29-4)11-16(12)27-2/h5-11H,1-4H3,(H,22,24)(H,23,25)/b8-5+. The highest BCUT2D eigenvalue weighted by Gasteiger charge is 2.14. The van der Waals surface area contributed by atoms with E-state index in [4.69, 9.17) is 30.5 Å². The number of methoxy groups -OCH3 is 4. The van der Waals surface area contributed by atoms with E-state index in [2.05, 4.69) is 10.9 Å². The molecule has 2 aromatic carbocycles. The van der Waals surface area contributed by atoms with Gasteiger partial charge in [-0.1, -0.05) is 11.6 Å². The van der Waals surface area contributed by atoms with Crippen molar-refractivity contribution in [2.24, 2.45) is 0 Å². The topological polar surface area (TPSA) is 95.1 Å². The molecule has 2 amide bonds. The van der Waals surface area contributed by atoms with Crippen LogP contribution in [0.3, 0.4) is 0 Å². The molecule has 9 heteroatoms. The predicted molar refractivity (Wildman–Crippen MR) is 109 cm³/mol. The molecule has 0 aliphatic carbocycles. The van der Waals surface area contributed by atoms with Crippen LogP contribution in [0.5, 0.6) is 23.0 Å². The zero-order chi connectivity index (χ0) is 21.4. The van der Waals surface area contributed by atoms with Crippen LogP contribution in [-0.2, 0) is 4.79 Å². The van der Waals surface area contributed by atoms with Gasteiger partial charge >= 0.3 is 0 Å². The summed E-state index contributed by atoms with van der Waals surface area (Å²) in [6.45, 7) is 0. The molecule has 0 saturated heterocycles. The fourth-order valence-corrected chi connectivity index (χ4v) is 2.61. The molecule has 154 valence electrons. The van der Waals surface area contributed by atoms with Crippen LogP contribution < -0.4 is 29.8 Å². The lowest BCUT2D eigenvalue weighted by atomic mass is 10.1. The van der Waals surface area contributed by atoms with Crippen molar-refractivity contribution in [3.05, 3.63) is 52.6 Å². The minimum atomic E-state index is -0.574. The van der Waals surface area contributed by atoms with Crippen LogP contribution in [-0.4, -0.2) is 40.3 Å². The maximum absolute atomic E-state index is 12.3. The summed E-state index contributed by atoms with van der Waals surface area (Å²) in [6.07, 6.45) is 2.75. The summed E-state index contributed by atoms with van der Waals surface area (Å²) >= 11 is 5.91. The first-order valence-electron chi connectivity index (χ1n) is 8.35. The average Bonchev–Trinajstić information content (AvgIpc) is 2.75. The number of rotatable bonds is 7. The molecule has 2 aromatic rings. The van der Waals surface area contributed by atoms with Crippen molar-refractivity contribution in [3.63, 3.8) is 0 Å². The van der Waals surface area contributed by atoms with E-state index in [1.807, 2.05) is 0 Å². The van der Waals surface area contributed by atoms with Crippen molar-refractivity contribution < 1.29 is 28.5 Å². The second-order valence-electron chi connectivity index (χ2n) is 5.57. The van der Waals surface area contributed by atoms with E-state index < -0.39 is 11.8 Å². The Morgan fingerprint density at radius 3 is 2.07 bits per heavy atom. The lowest BCUT2D eigenvalue weighted by Crippen LogP contribution is -2.40. The third kappa shape index (κ3) is 5.55. The number of carbonyl (C=O) groups is 2. The zero-order valence-electron chi connectivity index (χ0n) is 16.4. The maximum atomic E-state index is 12.3. The summed E-state index contributed by atoms with van der Waals surface area (Å²) in [4.78, 5) is 24.4. The van der Waals surface area contributed by atoms with Crippen LogP contribution in [0.4, 0.5) is 0 Å². The van der Waals surface area contributed by atoms with Gasteiger partial charge in [-0.2, -0.15) is 0 Å². The van der Waals surface area contributed by atoms with Crippen molar-refractivity contribution in [3.8, 4) is 23.0 Å². The van der Waals surface area contributed by atoms with Gasteiger partial charge < -0.3 is 18.9 Å². The van der Waals surface area contributed by atoms with Crippen LogP contribution in [0.1, 0.15) is 15.9 Å². The van der Waals surface area contributed by atoms with E-state index in [1.165, 1.54) is 46.7 Å². The van der Waals surface area contributed by atoms with Crippen molar-refractivity contribution in [1.82, 2.24) is 10.9 Å². The Morgan fingerprint density at radius 1 is 0.828 bits per heavy atom. The van der Waals surface area contributed by atoms with Crippen molar-refractivity contribution in [1.29, 1.82) is 0 Å². The Balaban J connectivity index is 2.09. The second kappa shape index (κ2) is 10.2. The molecule has 8 nitrogen and oxygen atoms in total. The van der Waals surface area contributed by atoms with Gasteiger partial charge in [0.25, 0.3) is 11.8 Å². The van der Waals surface area contributed by atoms with Crippen molar-refractivity contribution in [2.45, 2.75) is 0 Å². The summed E-state index contributed by atoms with van der Waals surface area (Å²) in [5.41, 5.74) is 5.36. The molecule has 2 N–H and O–H groups in total. The van der Waals surface area contributed by atoms with Gasteiger partial charge in [-0.3, -0.25) is 20.4 Å². The number of halogens is 1. The summed E-state index contributed by atoms with van der Waals surface area (Å²) in [5, 5.41) is 0.364. The Hall–Kier alpha value is -3.39.